The van der Waals surface area contributed by atoms with Crippen molar-refractivity contribution in [3.8, 4) is 0 Å². The molecule has 1 rings (SSSR count). The van der Waals surface area contributed by atoms with E-state index in [1.807, 2.05) is 6.07 Å². The van der Waals surface area contributed by atoms with Crippen LogP contribution in [0.15, 0.2) is 24.3 Å². The van der Waals surface area contributed by atoms with Crippen molar-refractivity contribution in [2.45, 2.75) is 34.6 Å². The number of carbonyl (C=O) groups is 1. The van der Waals surface area contributed by atoms with Crippen LogP contribution in [-0.2, 0) is 0 Å². The molecule has 1 aromatic carbocycles. The minimum Gasteiger partial charge on any atom is -0.478 e. The fourth-order valence-corrected chi connectivity index (χ4v) is 0.813. The lowest BCUT2D eigenvalue weighted by Crippen LogP contribution is -1.97. The second kappa shape index (κ2) is 5.54. The van der Waals surface area contributed by atoms with Crippen LogP contribution in [0, 0.1) is 12.3 Å². The monoisotopic (exact) mass is 208 g/mol. The third-order valence-electron chi connectivity index (χ3n) is 1.38. The van der Waals surface area contributed by atoms with E-state index in [1.165, 1.54) is 0 Å². The molecule has 0 bridgehead atoms. The first-order chi connectivity index (χ1) is 6.72. The van der Waals surface area contributed by atoms with Crippen molar-refractivity contribution in [3.63, 3.8) is 0 Å². The minimum atomic E-state index is -0.863. The Hall–Kier alpha value is -1.31. The quantitative estimate of drug-likeness (QED) is 0.763. The van der Waals surface area contributed by atoms with Crippen LogP contribution in [0.3, 0.4) is 0 Å². The molecule has 2 heteroatoms. The lowest BCUT2D eigenvalue weighted by molar-refractivity contribution is 0.0696. The first kappa shape index (κ1) is 13.7. The molecule has 0 atom stereocenters. The van der Waals surface area contributed by atoms with E-state index in [9.17, 15) is 4.79 Å². The van der Waals surface area contributed by atoms with Gasteiger partial charge in [0.15, 0.2) is 0 Å². The van der Waals surface area contributed by atoms with Gasteiger partial charge in [-0.3, -0.25) is 0 Å². The molecule has 15 heavy (non-hydrogen) atoms. The molecule has 0 saturated carbocycles. The zero-order valence-corrected chi connectivity index (χ0v) is 10.2. The lowest BCUT2D eigenvalue weighted by Gasteiger charge is -2.05. The molecule has 0 aromatic heterocycles. The second-order valence-electron chi connectivity index (χ2n) is 5.12. The van der Waals surface area contributed by atoms with Gasteiger partial charge in [0.2, 0.25) is 0 Å². The van der Waals surface area contributed by atoms with Crippen molar-refractivity contribution in [2.75, 3.05) is 0 Å². The van der Waals surface area contributed by atoms with Gasteiger partial charge in [0.25, 0.3) is 0 Å². The Morgan fingerprint density at radius 1 is 1.13 bits per heavy atom. The fourth-order valence-electron chi connectivity index (χ4n) is 0.813. The third kappa shape index (κ3) is 7.74. The summed E-state index contributed by atoms with van der Waals surface area (Å²) in [5.41, 5.74) is 1.68. The molecule has 0 heterocycles. The molecular weight excluding hydrogens is 188 g/mol. The number of hydrogen-bond donors (Lipinski definition) is 1. The topological polar surface area (TPSA) is 37.3 Å². The molecule has 1 N–H and O–H groups in total. The summed E-state index contributed by atoms with van der Waals surface area (Å²) in [6.45, 7) is 10.5. The van der Waals surface area contributed by atoms with Crippen molar-refractivity contribution in [2.24, 2.45) is 5.41 Å². The summed E-state index contributed by atoms with van der Waals surface area (Å²) in [6, 6.07) is 6.92. The number of carboxylic acids is 1. The fraction of sp³-hybridized carbons (Fsp3) is 0.462. The van der Waals surface area contributed by atoms with Gasteiger partial charge in [-0.1, -0.05) is 45.9 Å². The van der Waals surface area contributed by atoms with Gasteiger partial charge in [-0.15, -0.1) is 0 Å². The van der Waals surface area contributed by atoms with E-state index in [4.69, 9.17) is 5.11 Å². The molecule has 0 unspecified atom stereocenters. The normalized spacial score (nSPS) is 10.2. The number of rotatable bonds is 1. The Kier molecular flexibility index (Phi) is 5.06. The van der Waals surface area contributed by atoms with Crippen LogP contribution in [0.4, 0.5) is 0 Å². The molecule has 84 valence electrons. The van der Waals surface area contributed by atoms with Gasteiger partial charge in [-0.25, -0.2) is 4.79 Å². The van der Waals surface area contributed by atoms with Crippen LogP contribution < -0.4 is 0 Å². The van der Waals surface area contributed by atoms with Crippen LogP contribution in [0.25, 0.3) is 0 Å². The number of aromatic carboxylic acids is 1. The van der Waals surface area contributed by atoms with Gasteiger partial charge >= 0.3 is 5.97 Å². The maximum Gasteiger partial charge on any atom is 0.335 e. The molecule has 0 amide bonds. The zero-order valence-electron chi connectivity index (χ0n) is 10.2. The van der Waals surface area contributed by atoms with E-state index < -0.39 is 5.97 Å². The standard InChI is InChI=1S/C8H8O2.C5H12/c1-6-4-2-3-5-7(6)8(9)10;1-5(2,3)4/h2-5H,1H3,(H,9,10);1-4H3. The number of hydrogen-bond acceptors (Lipinski definition) is 1. The second-order valence-corrected chi connectivity index (χ2v) is 5.12. The Bertz CT molecular complexity index is 316. The number of carboxylic acid groups (broad SMARTS) is 1. The van der Waals surface area contributed by atoms with Crippen LogP contribution >= 0.6 is 0 Å². The highest BCUT2D eigenvalue weighted by atomic mass is 16.4. The summed E-state index contributed by atoms with van der Waals surface area (Å²) in [4.78, 5) is 10.4. The van der Waals surface area contributed by atoms with Gasteiger partial charge in [0.05, 0.1) is 5.56 Å². The summed E-state index contributed by atoms with van der Waals surface area (Å²) >= 11 is 0. The Labute approximate surface area is 91.9 Å². The van der Waals surface area contributed by atoms with Crippen LogP contribution in [-0.4, -0.2) is 11.1 Å². The molecule has 0 fully saturated rings. The Morgan fingerprint density at radius 3 is 1.80 bits per heavy atom. The minimum absolute atomic E-state index is 0.377. The average Bonchev–Trinajstić information content (AvgIpc) is 2.01. The molecule has 0 aliphatic carbocycles. The van der Waals surface area contributed by atoms with E-state index in [0.29, 0.717) is 11.0 Å². The number of aryl methyl sites for hydroxylation is 1. The summed E-state index contributed by atoms with van der Waals surface area (Å²) in [5.74, 6) is -0.863. The van der Waals surface area contributed by atoms with Gasteiger partial charge in [-0.2, -0.15) is 0 Å². The van der Waals surface area contributed by atoms with E-state index >= 15 is 0 Å². The van der Waals surface area contributed by atoms with Crippen LogP contribution in [0.2, 0.25) is 0 Å². The number of benzene rings is 1. The highest BCUT2D eigenvalue weighted by Gasteiger charge is 2.02. The van der Waals surface area contributed by atoms with Gasteiger partial charge in [0.1, 0.15) is 0 Å². The zero-order chi connectivity index (χ0) is 12.1. The van der Waals surface area contributed by atoms with Crippen molar-refractivity contribution >= 4 is 5.97 Å². The van der Waals surface area contributed by atoms with Crippen LogP contribution in [0.5, 0.6) is 0 Å². The first-order valence-electron chi connectivity index (χ1n) is 5.01. The van der Waals surface area contributed by atoms with Gasteiger partial charge in [0, 0.05) is 0 Å². The molecule has 0 aliphatic heterocycles. The summed E-state index contributed by atoms with van der Waals surface area (Å²) in [6.07, 6.45) is 0. The van der Waals surface area contributed by atoms with E-state index in [0.717, 1.165) is 5.56 Å². The van der Waals surface area contributed by atoms with Crippen molar-refractivity contribution in [3.05, 3.63) is 35.4 Å². The Morgan fingerprint density at radius 2 is 1.53 bits per heavy atom. The van der Waals surface area contributed by atoms with Crippen molar-refractivity contribution in [1.29, 1.82) is 0 Å². The van der Waals surface area contributed by atoms with E-state index in [-0.39, 0.29) is 0 Å². The first-order valence-corrected chi connectivity index (χ1v) is 5.01. The summed E-state index contributed by atoms with van der Waals surface area (Å²) in [7, 11) is 0. The lowest BCUT2D eigenvalue weighted by atomic mass is 10.0. The molecule has 1 aromatic rings. The predicted octanol–water partition coefficient (Wildman–Crippen LogP) is 3.75. The highest BCUT2D eigenvalue weighted by Crippen LogP contribution is 2.08. The molecule has 0 radical (unpaired) electrons. The molecule has 0 saturated heterocycles. The van der Waals surface area contributed by atoms with Crippen molar-refractivity contribution < 1.29 is 9.90 Å². The molecule has 2 nitrogen and oxygen atoms in total. The maximum atomic E-state index is 10.4. The maximum absolute atomic E-state index is 10.4. The van der Waals surface area contributed by atoms with E-state index in [1.54, 1.807) is 25.1 Å². The highest BCUT2D eigenvalue weighted by molar-refractivity contribution is 5.89. The molecule has 0 spiro atoms. The largest absolute Gasteiger partial charge is 0.478 e. The summed E-state index contributed by atoms with van der Waals surface area (Å²) < 4.78 is 0. The van der Waals surface area contributed by atoms with Gasteiger partial charge < -0.3 is 5.11 Å². The smallest absolute Gasteiger partial charge is 0.335 e. The SMILES string of the molecule is CC(C)(C)C.Cc1ccccc1C(=O)O. The average molecular weight is 208 g/mol. The third-order valence-corrected chi connectivity index (χ3v) is 1.38. The van der Waals surface area contributed by atoms with Crippen molar-refractivity contribution in [1.82, 2.24) is 0 Å². The van der Waals surface area contributed by atoms with Gasteiger partial charge in [-0.05, 0) is 24.0 Å². The van der Waals surface area contributed by atoms with Crippen LogP contribution in [0.1, 0.15) is 43.6 Å². The summed E-state index contributed by atoms with van der Waals surface area (Å²) in [5, 5.41) is 8.57. The Balaban J connectivity index is 0.000000336. The molecular formula is C13H20O2. The predicted molar refractivity (Wildman–Crippen MR) is 63.3 cm³/mol. The van der Waals surface area contributed by atoms with E-state index in [2.05, 4.69) is 27.7 Å². The molecule has 0 aliphatic rings.